The number of amides is 2. The Balaban J connectivity index is 1.71. The van der Waals surface area contributed by atoms with Crippen molar-refractivity contribution >= 4 is 26.1 Å². The van der Waals surface area contributed by atoms with E-state index in [0.29, 0.717) is 32.5 Å². The summed E-state index contributed by atoms with van der Waals surface area (Å²) in [6.45, 7) is 5.16. The third kappa shape index (κ3) is 6.25. The molecule has 0 aromatic heterocycles. The normalized spacial score (nSPS) is 16.4. The van der Waals surface area contributed by atoms with Crippen molar-refractivity contribution in [2.24, 2.45) is 0 Å². The molecule has 4 rings (SSSR count). The Kier molecular flexibility index (Phi) is 8.54. The summed E-state index contributed by atoms with van der Waals surface area (Å²) in [5.74, 6) is 0. The monoisotopic (exact) mass is 555 g/mol. The molecule has 1 aliphatic rings. The van der Waals surface area contributed by atoms with Crippen LogP contribution in [-0.2, 0) is 26.6 Å². The molecule has 0 aliphatic carbocycles. The molecule has 0 saturated carbocycles. The number of urea groups is 1. The summed E-state index contributed by atoms with van der Waals surface area (Å²) in [7, 11) is -8.59. The first-order valence-corrected chi connectivity index (χ1v) is 15.5. The zero-order valence-corrected chi connectivity index (χ0v) is 23.3. The van der Waals surface area contributed by atoms with Gasteiger partial charge in [-0.05, 0) is 56.5 Å². The molecule has 1 aliphatic heterocycles. The second kappa shape index (κ2) is 11.7. The van der Waals surface area contributed by atoms with Crippen molar-refractivity contribution in [3.8, 4) is 0 Å². The van der Waals surface area contributed by atoms with Crippen LogP contribution in [0, 0.1) is 13.8 Å². The summed E-state index contributed by atoms with van der Waals surface area (Å²) in [5.41, 5.74) is 2.85. The summed E-state index contributed by atoms with van der Waals surface area (Å²) in [5, 5.41) is 0. The number of rotatable bonds is 6. The van der Waals surface area contributed by atoms with Gasteiger partial charge in [0.25, 0.3) is 20.0 Å². The van der Waals surface area contributed by atoms with Crippen molar-refractivity contribution in [2.75, 3.05) is 26.2 Å². The molecular weight excluding hydrogens is 522 g/mol. The van der Waals surface area contributed by atoms with Crippen LogP contribution in [0.3, 0.4) is 0 Å². The molecule has 8 nitrogen and oxygen atoms in total. The second-order valence-corrected chi connectivity index (χ2v) is 13.3. The van der Waals surface area contributed by atoms with E-state index in [9.17, 15) is 21.6 Å². The van der Waals surface area contributed by atoms with Crippen molar-refractivity contribution in [1.29, 1.82) is 0 Å². The van der Waals surface area contributed by atoms with E-state index in [1.54, 1.807) is 24.3 Å². The number of hydrogen-bond donors (Lipinski definition) is 0. The summed E-state index contributed by atoms with van der Waals surface area (Å²) in [6.07, 6.45) is 0.726. The number of hydrogen-bond acceptors (Lipinski definition) is 6. The van der Waals surface area contributed by atoms with Crippen molar-refractivity contribution in [3.05, 3.63) is 95.6 Å². The molecule has 1 heterocycles. The van der Waals surface area contributed by atoms with Crippen molar-refractivity contribution < 1.29 is 21.6 Å². The molecule has 0 unspecified atom stereocenters. The molecule has 3 aromatic rings. The Morgan fingerprint density at radius 1 is 0.605 bits per heavy atom. The van der Waals surface area contributed by atoms with E-state index in [1.807, 2.05) is 44.2 Å². The van der Waals surface area contributed by atoms with Crippen LogP contribution in [0.5, 0.6) is 0 Å². The number of nitrogens with zero attached hydrogens (tertiary/aromatic N) is 3. The smallest absolute Gasteiger partial charge is 0.299 e. The molecule has 202 valence electrons. The standard InChI is InChI=1S/C28H33N3O5S2/c1-23-10-14-26(15-11-23)37(33,34)30-20-6-18-29(22-25-8-4-3-5-9-25)19-7-21-31(28(30)32)38(35,36)27-16-12-24(2)13-17-27/h3-5,8-17H,6-7,18-22H2,1-2H3. The number of benzene rings is 3. The van der Waals surface area contributed by atoms with Crippen LogP contribution in [0.15, 0.2) is 88.7 Å². The van der Waals surface area contributed by atoms with Gasteiger partial charge in [0.1, 0.15) is 0 Å². The molecule has 1 saturated heterocycles. The predicted octanol–water partition coefficient (Wildman–Crippen LogP) is 4.40. The molecule has 0 bridgehead atoms. The van der Waals surface area contributed by atoms with Gasteiger partial charge in [-0.2, -0.15) is 0 Å². The number of carbonyl (C=O) groups excluding carboxylic acids is 1. The van der Waals surface area contributed by atoms with E-state index >= 15 is 0 Å². The minimum absolute atomic E-state index is 0.0534. The Labute approximate surface area is 225 Å². The van der Waals surface area contributed by atoms with Crippen LogP contribution >= 0.6 is 0 Å². The number of carbonyl (C=O) groups is 1. The lowest BCUT2D eigenvalue weighted by molar-refractivity contribution is 0.187. The first-order valence-electron chi connectivity index (χ1n) is 12.6. The number of aryl methyl sites for hydroxylation is 2. The fourth-order valence-corrected chi connectivity index (χ4v) is 7.29. The van der Waals surface area contributed by atoms with E-state index < -0.39 is 26.1 Å². The van der Waals surface area contributed by atoms with Crippen LogP contribution in [0.4, 0.5) is 4.79 Å². The Morgan fingerprint density at radius 2 is 1.03 bits per heavy atom. The highest BCUT2D eigenvalue weighted by Crippen LogP contribution is 2.24. The van der Waals surface area contributed by atoms with Gasteiger partial charge in [0, 0.05) is 32.7 Å². The van der Waals surface area contributed by atoms with Gasteiger partial charge >= 0.3 is 6.03 Å². The maximum atomic E-state index is 13.8. The van der Waals surface area contributed by atoms with Gasteiger partial charge in [0.15, 0.2) is 0 Å². The molecule has 10 heteroatoms. The van der Waals surface area contributed by atoms with E-state index in [2.05, 4.69) is 4.90 Å². The third-order valence-electron chi connectivity index (χ3n) is 6.56. The fraction of sp³-hybridized carbons (Fsp3) is 0.321. The summed E-state index contributed by atoms with van der Waals surface area (Å²) in [6, 6.07) is 21.2. The molecule has 0 spiro atoms. The molecular formula is C28H33N3O5S2. The molecule has 0 atom stereocenters. The van der Waals surface area contributed by atoms with E-state index in [-0.39, 0.29) is 22.9 Å². The Bertz CT molecular complexity index is 1370. The highest BCUT2D eigenvalue weighted by atomic mass is 32.2. The predicted molar refractivity (Wildman–Crippen MR) is 146 cm³/mol. The van der Waals surface area contributed by atoms with Crippen LogP contribution in [-0.4, -0.2) is 62.6 Å². The minimum atomic E-state index is -4.29. The highest BCUT2D eigenvalue weighted by molar-refractivity contribution is 7.91. The summed E-state index contributed by atoms with van der Waals surface area (Å²) < 4.78 is 56.1. The molecule has 2 amide bonds. The first kappa shape index (κ1) is 27.8. The topological polar surface area (TPSA) is 95.1 Å². The first-order chi connectivity index (χ1) is 18.1. The highest BCUT2D eigenvalue weighted by Gasteiger charge is 2.38. The van der Waals surface area contributed by atoms with Crippen molar-refractivity contribution in [3.63, 3.8) is 0 Å². The van der Waals surface area contributed by atoms with E-state index in [4.69, 9.17) is 0 Å². The van der Waals surface area contributed by atoms with Crippen LogP contribution < -0.4 is 0 Å². The van der Waals surface area contributed by atoms with Gasteiger partial charge in [0.2, 0.25) is 0 Å². The quantitative estimate of drug-likeness (QED) is 0.448. The average molecular weight is 556 g/mol. The maximum Gasteiger partial charge on any atom is 0.347 e. The molecule has 0 N–H and O–H groups in total. The minimum Gasteiger partial charge on any atom is -0.299 e. The largest absolute Gasteiger partial charge is 0.347 e. The maximum absolute atomic E-state index is 13.8. The van der Waals surface area contributed by atoms with E-state index in [0.717, 1.165) is 25.3 Å². The third-order valence-corrected chi connectivity index (χ3v) is 10.1. The van der Waals surface area contributed by atoms with E-state index in [1.165, 1.54) is 24.3 Å². The Morgan fingerprint density at radius 3 is 1.45 bits per heavy atom. The number of sulfonamides is 2. The van der Waals surface area contributed by atoms with Gasteiger partial charge in [-0.25, -0.2) is 30.2 Å². The van der Waals surface area contributed by atoms with Gasteiger partial charge < -0.3 is 0 Å². The van der Waals surface area contributed by atoms with Crippen molar-refractivity contribution in [2.45, 2.75) is 43.0 Å². The zero-order chi connectivity index (χ0) is 27.3. The lowest BCUT2D eigenvalue weighted by Crippen LogP contribution is -2.50. The van der Waals surface area contributed by atoms with Gasteiger partial charge in [-0.1, -0.05) is 65.7 Å². The zero-order valence-electron chi connectivity index (χ0n) is 21.7. The Hall–Kier alpha value is -3.21. The van der Waals surface area contributed by atoms with Crippen molar-refractivity contribution in [1.82, 2.24) is 13.5 Å². The SMILES string of the molecule is Cc1ccc(S(=O)(=O)N2CCCN(Cc3ccccc3)CCCN(S(=O)(=O)c3ccc(C)cc3)C2=O)cc1. The second-order valence-electron chi connectivity index (χ2n) is 9.53. The molecule has 1 fully saturated rings. The summed E-state index contributed by atoms with van der Waals surface area (Å²) >= 11 is 0. The van der Waals surface area contributed by atoms with Gasteiger partial charge in [-0.15, -0.1) is 0 Å². The van der Waals surface area contributed by atoms with Crippen LogP contribution in [0.25, 0.3) is 0 Å². The molecule has 3 aromatic carbocycles. The molecule has 0 radical (unpaired) electrons. The lowest BCUT2D eigenvalue weighted by Gasteiger charge is -2.33. The molecule has 38 heavy (non-hydrogen) atoms. The van der Waals surface area contributed by atoms with Gasteiger partial charge in [0.05, 0.1) is 9.79 Å². The van der Waals surface area contributed by atoms with Crippen LogP contribution in [0.1, 0.15) is 29.5 Å². The summed E-state index contributed by atoms with van der Waals surface area (Å²) in [4.78, 5) is 15.8. The van der Waals surface area contributed by atoms with Gasteiger partial charge in [-0.3, -0.25) is 4.90 Å². The van der Waals surface area contributed by atoms with Crippen LogP contribution in [0.2, 0.25) is 0 Å². The average Bonchev–Trinajstić information content (AvgIpc) is 2.89. The lowest BCUT2D eigenvalue weighted by atomic mass is 10.2. The fourth-order valence-electron chi connectivity index (χ4n) is 4.42.